The van der Waals surface area contributed by atoms with Crippen LogP contribution in [0.1, 0.15) is 29.3 Å². The average Bonchev–Trinajstić information content (AvgIpc) is 2.55. The summed E-state index contributed by atoms with van der Waals surface area (Å²) >= 11 is 0. The van der Waals surface area contributed by atoms with Crippen LogP contribution < -0.4 is 4.90 Å². The second-order valence-electron chi connectivity index (χ2n) is 4.95. The molecule has 0 aliphatic heterocycles. The smallest absolute Gasteiger partial charge is 0.193 e. The third kappa shape index (κ3) is 3.92. The fourth-order valence-corrected chi connectivity index (χ4v) is 2.34. The molecule has 0 bridgehead atoms. The monoisotopic (exact) mass is 283 g/mol. The first-order chi connectivity index (χ1) is 10.3. The first-order valence-electron chi connectivity index (χ1n) is 7.32. The Bertz CT molecular complexity index is 558. The minimum absolute atomic E-state index is 0.0337. The lowest BCUT2D eigenvalue weighted by Gasteiger charge is -2.23. The van der Waals surface area contributed by atoms with E-state index < -0.39 is 0 Å². The van der Waals surface area contributed by atoms with Gasteiger partial charge >= 0.3 is 0 Å². The highest BCUT2D eigenvalue weighted by atomic mass is 16.3. The lowest BCUT2D eigenvalue weighted by atomic mass is 10.0. The summed E-state index contributed by atoms with van der Waals surface area (Å²) in [6.07, 6.45) is 1.02. The highest BCUT2D eigenvalue weighted by Gasteiger charge is 2.10. The standard InChI is InChI=1S/C18H21NO2/c1-2-12-19(13-14-20)17-10-8-16(9-11-17)18(21)15-6-4-3-5-7-15/h3-11,20H,2,12-14H2,1H3. The molecule has 21 heavy (non-hydrogen) atoms. The lowest BCUT2D eigenvalue weighted by molar-refractivity contribution is 0.103. The quantitative estimate of drug-likeness (QED) is 0.794. The minimum Gasteiger partial charge on any atom is -0.395 e. The van der Waals surface area contributed by atoms with Gasteiger partial charge in [-0.15, -0.1) is 0 Å². The van der Waals surface area contributed by atoms with Gasteiger partial charge in [-0.3, -0.25) is 4.79 Å². The summed E-state index contributed by atoms with van der Waals surface area (Å²) in [5.41, 5.74) is 2.42. The molecular formula is C18H21NO2. The second kappa shape index (κ2) is 7.60. The molecule has 2 rings (SSSR count). The maximum atomic E-state index is 12.3. The number of benzene rings is 2. The molecule has 0 aliphatic rings. The Balaban J connectivity index is 2.16. The summed E-state index contributed by atoms with van der Waals surface area (Å²) in [4.78, 5) is 14.4. The molecular weight excluding hydrogens is 262 g/mol. The van der Waals surface area contributed by atoms with Crippen molar-refractivity contribution < 1.29 is 9.90 Å². The molecule has 0 atom stereocenters. The van der Waals surface area contributed by atoms with E-state index >= 15 is 0 Å². The number of ketones is 1. The Labute approximate surface area is 125 Å². The first-order valence-corrected chi connectivity index (χ1v) is 7.32. The van der Waals surface area contributed by atoms with E-state index in [2.05, 4.69) is 11.8 Å². The highest BCUT2D eigenvalue weighted by Crippen LogP contribution is 2.17. The molecule has 3 nitrogen and oxygen atoms in total. The number of carbonyl (C=O) groups is 1. The Morgan fingerprint density at radius 3 is 2.14 bits per heavy atom. The van der Waals surface area contributed by atoms with Gasteiger partial charge in [-0.25, -0.2) is 0 Å². The van der Waals surface area contributed by atoms with Crippen LogP contribution in [0, 0.1) is 0 Å². The third-order valence-electron chi connectivity index (χ3n) is 3.39. The molecule has 2 aromatic rings. The van der Waals surface area contributed by atoms with Gasteiger partial charge in [0.1, 0.15) is 0 Å². The molecule has 0 heterocycles. The molecule has 0 fully saturated rings. The van der Waals surface area contributed by atoms with E-state index in [9.17, 15) is 4.79 Å². The largest absolute Gasteiger partial charge is 0.395 e. The number of aliphatic hydroxyl groups excluding tert-OH is 1. The van der Waals surface area contributed by atoms with Crippen LogP contribution in [-0.2, 0) is 0 Å². The summed E-state index contributed by atoms with van der Waals surface area (Å²) in [6.45, 7) is 3.74. The maximum absolute atomic E-state index is 12.3. The molecule has 0 amide bonds. The van der Waals surface area contributed by atoms with Crippen LogP contribution in [0.2, 0.25) is 0 Å². The zero-order chi connectivity index (χ0) is 15.1. The van der Waals surface area contributed by atoms with Crippen LogP contribution in [0.4, 0.5) is 5.69 Å². The normalized spacial score (nSPS) is 10.4. The van der Waals surface area contributed by atoms with Gasteiger partial charge in [0, 0.05) is 29.9 Å². The van der Waals surface area contributed by atoms with Gasteiger partial charge in [0.2, 0.25) is 0 Å². The number of aliphatic hydroxyl groups is 1. The molecule has 0 aromatic heterocycles. The summed E-state index contributed by atoms with van der Waals surface area (Å²) in [5, 5.41) is 9.12. The molecule has 3 heteroatoms. The van der Waals surface area contributed by atoms with E-state index in [-0.39, 0.29) is 12.4 Å². The predicted molar refractivity (Wildman–Crippen MR) is 85.9 cm³/mol. The van der Waals surface area contributed by atoms with Crippen LogP contribution in [0.5, 0.6) is 0 Å². The summed E-state index contributed by atoms with van der Waals surface area (Å²) < 4.78 is 0. The lowest BCUT2D eigenvalue weighted by Crippen LogP contribution is -2.27. The van der Waals surface area contributed by atoms with E-state index in [4.69, 9.17) is 5.11 Å². The van der Waals surface area contributed by atoms with Crippen molar-refractivity contribution in [1.82, 2.24) is 0 Å². The minimum atomic E-state index is 0.0337. The highest BCUT2D eigenvalue weighted by molar-refractivity contribution is 6.09. The number of hydrogen-bond donors (Lipinski definition) is 1. The molecule has 1 N–H and O–H groups in total. The molecule has 0 saturated heterocycles. The molecule has 0 unspecified atom stereocenters. The zero-order valence-electron chi connectivity index (χ0n) is 12.3. The molecule has 0 spiro atoms. The third-order valence-corrected chi connectivity index (χ3v) is 3.39. The molecule has 2 aromatic carbocycles. The summed E-state index contributed by atoms with van der Waals surface area (Å²) in [5.74, 6) is 0.0337. The van der Waals surface area contributed by atoms with Crippen molar-refractivity contribution in [2.24, 2.45) is 0 Å². The topological polar surface area (TPSA) is 40.5 Å². The van der Waals surface area contributed by atoms with Crippen molar-refractivity contribution in [3.05, 3.63) is 65.7 Å². The number of anilines is 1. The van der Waals surface area contributed by atoms with E-state index in [1.165, 1.54) is 0 Å². The fourth-order valence-electron chi connectivity index (χ4n) is 2.34. The van der Waals surface area contributed by atoms with E-state index in [0.717, 1.165) is 18.7 Å². The van der Waals surface area contributed by atoms with Crippen molar-refractivity contribution in [2.45, 2.75) is 13.3 Å². The van der Waals surface area contributed by atoms with Crippen molar-refractivity contribution >= 4 is 11.5 Å². The SMILES string of the molecule is CCCN(CCO)c1ccc(C(=O)c2ccccc2)cc1. The maximum Gasteiger partial charge on any atom is 0.193 e. The van der Waals surface area contributed by atoms with Crippen molar-refractivity contribution in [3.8, 4) is 0 Å². The van der Waals surface area contributed by atoms with E-state index in [1.54, 1.807) is 0 Å². The number of nitrogens with zero attached hydrogens (tertiary/aromatic N) is 1. The van der Waals surface area contributed by atoms with Gasteiger partial charge in [-0.2, -0.15) is 0 Å². The first kappa shape index (κ1) is 15.3. The van der Waals surface area contributed by atoms with Gasteiger partial charge in [0.25, 0.3) is 0 Å². The van der Waals surface area contributed by atoms with Gasteiger partial charge < -0.3 is 10.0 Å². The van der Waals surface area contributed by atoms with Crippen molar-refractivity contribution in [1.29, 1.82) is 0 Å². The van der Waals surface area contributed by atoms with Gasteiger partial charge in [0.15, 0.2) is 5.78 Å². The van der Waals surface area contributed by atoms with Gasteiger partial charge in [-0.05, 0) is 30.7 Å². The number of rotatable bonds is 7. The Kier molecular flexibility index (Phi) is 5.52. The average molecular weight is 283 g/mol. The molecule has 0 radical (unpaired) electrons. The van der Waals surface area contributed by atoms with Crippen molar-refractivity contribution in [2.75, 3.05) is 24.6 Å². The van der Waals surface area contributed by atoms with Crippen LogP contribution in [0.15, 0.2) is 54.6 Å². The van der Waals surface area contributed by atoms with E-state index in [1.807, 2.05) is 54.6 Å². The van der Waals surface area contributed by atoms with Crippen LogP contribution in [0.3, 0.4) is 0 Å². The van der Waals surface area contributed by atoms with Gasteiger partial charge in [0.05, 0.1) is 6.61 Å². The van der Waals surface area contributed by atoms with Crippen molar-refractivity contribution in [3.63, 3.8) is 0 Å². The Hall–Kier alpha value is -2.13. The predicted octanol–water partition coefficient (Wildman–Crippen LogP) is 3.13. The Morgan fingerprint density at radius 2 is 1.57 bits per heavy atom. The molecule has 0 aliphatic carbocycles. The zero-order valence-corrected chi connectivity index (χ0v) is 12.3. The fraction of sp³-hybridized carbons (Fsp3) is 0.278. The number of hydrogen-bond acceptors (Lipinski definition) is 3. The summed E-state index contributed by atoms with van der Waals surface area (Å²) in [7, 11) is 0. The van der Waals surface area contributed by atoms with Crippen LogP contribution in [-0.4, -0.2) is 30.6 Å². The second-order valence-corrected chi connectivity index (χ2v) is 4.95. The number of carbonyl (C=O) groups excluding carboxylic acids is 1. The van der Waals surface area contributed by atoms with Crippen LogP contribution in [0.25, 0.3) is 0 Å². The molecule has 110 valence electrons. The van der Waals surface area contributed by atoms with E-state index in [0.29, 0.717) is 17.7 Å². The molecule has 0 saturated carbocycles. The van der Waals surface area contributed by atoms with Gasteiger partial charge in [-0.1, -0.05) is 37.3 Å². The Morgan fingerprint density at radius 1 is 0.952 bits per heavy atom. The van der Waals surface area contributed by atoms with Crippen LogP contribution >= 0.6 is 0 Å². The summed E-state index contributed by atoms with van der Waals surface area (Å²) in [6, 6.07) is 16.9.